The lowest BCUT2D eigenvalue weighted by Gasteiger charge is -2.09. The highest BCUT2D eigenvalue weighted by Crippen LogP contribution is 2.20. The molecule has 1 aliphatic rings. The van der Waals surface area contributed by atoms with Crippen LogP contribution < -0.4 is 5.32 Å². The SMILES string of the molecule is CCCCCCOCc1cc(CNC2CC2)ccc1F. The van der Waals surface area contributed by atoms with E-state index in [0.29, 0.717) is 18.2 Å². The van der Waals surface area contributed by atoms with Crippen LogP contribution in [-0.4, -0.2) is 12.6 Å². The number of hydrogen-bond donors (Lipinski definition) is 1. The lowest BCUT2D eigenvalue weighted by Crippen LogP contribution is -2.15. The summed E-state index contributed by atoms with van der Waals surface area (Å²) in [7, 11) is 0. The van der Waals surface area contributed by atoms with Gasteiger partial charge in [-0.05, 0) is 37.0 Å². The highest BCUT2D eigenvalue weighted by molar-refractivity contribution is 5.24. The van der Waals surface area contributed by atoms with Crippen LogP contribution in [0.1, 0.15) is 56.6 Å². The predicted molar refractivity (Wildman–Crippen MR) is 80.1 cm³/mol. The van der Waals surface area contributed by atoms with Crippen LogP contribution in [0.3, 0.4) is 0 Å². The van der Waals surface area contributed by atoms with E-state index in [4.69, 9.17) is 4.74 Å². The second kappa shape index (κ2) is 8.38. The number of unbranched alkanes of at least 4 members (excludes halogenated alkanes) is 3. The Bertz CT molecular complexity index is 404. The summed E-state index contributed by atoms with van der Waals surface area (Å²) < 4.78 is 19.3. The van der Waals surface area contributed by atoms with Gasteiger partial charge in [-0.2, -0.15) is 0 Å². The molecule has 1 N–H and O–H groups in total. The van der Waals surface area contributed by atoms with Gasteiger partial charge in [0.2, 0.25) is 0 Å². The molecule has 0 aliphatic heterocycles. The number of rotatable bonds is 10. The number of halogens is 1. The molecule has 1 aliphatic carbocycles. The highest BCUT2D eigenvalue weighted by Gasteiger charge is 2.20. The van der Waals surface area contributed by atoms with Gasteiger partial charge in [0.25, 0.3) is 0 Å². The summed E-state index contributed by atoms with van der Waals surface area (Å²) >= 11 is 0. The molecule has 2 rings (SSSR count). The lowest BCUT2D eigenvalue weighted by atomic mass is 10.1. The third-order valence-electron chi connectivity index (χ3n) is 3.68. The Balaban J connectivity index is 1.72. The van der Waals surface area contributed by atoms with E-state index < -0.39 is 0 Å². The normalized spacial score (nSPS) is 14.7. The van der Waals surface area contributed by atoms with E-state index in [2.05, 4.69) is 12.2 Å². The monoisotopic (exact) mass is 279 g/mol. The Morgan fingerprint density at radius 2 is 2.10 bits per heavy atom. The number of nitrogens with one attached hydrogen (secondary N) is 1. The van der Waals surface area contributed by atoms with Gasteiger partial charge in [-0.1, -0.05) is 32.3 Å². The first-order chi connectivity index (χ1) is 9.79. The summed E-state index contributed by atoms with van der Waals surface area (Å²) in [4.78, 5) is 0. The maximum Gasteiger partial charge on any atom is 0.128 e. The van der Waals surface area contributed by atoms with Crippen LogP contribution in [0.2, 0.25) is 0 Å². The second-order valence-electron chi connectivity index (χ2n) is 5.69. The van der Waals surface area contributed by atoms with Crippen molar-refractivity contribution in [2.45, 2.75) is 64.6 Å². The van der Waals surface area contributed by atoms with E-state index >= 15 is 0 Å². The molecule has 0 spiro atoms. The quantitative estimate of drug-likeness (QED) is 0.649. The first-order valence-corrected chi connectivity index (χ1v) is 7.88. The Labute approximate surface area is 121 Å². The first-order valence-electron chi connectivity index (χ1n) is 7.88. The number of benzene rings is 1. The maximum atomic E-state index is 13.7. The highest BCUT2D eigenvalue weighted by atomic mass is 19.1. The molecule has 0 heterocycles. The molecule has 1 saturated carbocycles. The largest absolute Gasteiger partial charge is 0.377 e. The maximum absolute atomic E-state index is 13.7. The van der Waals surface area contributed by atoms with Crippen LogP contribution >= 0.6 is 0 Å². The molecule has 20 heavy (non-hydrogen) atoms. The standard InChI is InChI=1S/C17H26FNO/c1-2-3-4-5-10-20-13-15-11-14(6-9-17(15)18)12-19-16-7-8-16/h6,9,11,16,19H,2-5,7-8,10,12-13H2,1H3. The minimum Gasteiger partial charge on any atom is -0.377 e. The predicted octanol–water partition coefficient (Wildman–Crippen LogP) is 4.17. The van der Waals surface area contributed by atoms with Gasteiger partial charge < -0.3 is 10.1 Å². The minimum atomic E-state index is -0.159. The van der Waals surface area contributed by atoms with Crippen molar-refractivity contribution in [2.24, 2.45) is 0 Å². The lowest BCUT2D eigenvalue weighted by molar-refractivity contribution is 0.114. The fourth-order valence-electron chi connectivity index (χ4n) is 2.21. The zero-order valence-corrected chi connectivity index (χ0v) is 12.5. The van der Waals surface area contributed by atoms with E-state index in [1.54, 1.807) is 6.07 Å². The van der Waals surface area contributed by atoms with Gasteiger partial charge in [-0.25, -0.2) is 4.39 Å². The minimum absolute atomic E-state index is 0.159. The Hall–Kier alpha value is -0.930. The van der Waals surface area contributed by atoms with Crippen molar-refractivity contribution in [1.29, 1.82) is 0 Å². The molecule has 0 unspecified atom stereocenters. The number of ether oxygens (including phenoxy) is 1. The van der Waals surface area contributed by atoms with E-state index in [-0.39, 0.29) is 5.82 Å². The first kappa shape index (κ1) is 15.5. The second-order valence-corrected chi connectivity index (χ2v) is 5.69. The Morgan fingerprint density at radius 3 is 2.85 bits per heavy atom. The summed E-state index contributed by atoms with van der Waals surface area (Å²) in [5.74, 6) is -0.159. The smallest absolute Gasteiger partial charge is 0.128 e. The number of hydrogen-bond acceptors (Lipinski definition) is 2. The summed E-state index contributed by atoms with van der Waals surface area (Å²) in [6.07, 6.45) is 7.29. The van der Waals surface area contributed by atoms with Crippen molar-refractivity contribution in [1.82, 2.24) is 5.32 Å². The molecule has 1 fully saturated rings. The van der Waals surface area contributed by atoms with Crippen molar-refractivity contribution < 1.29 is 9.13 Å². The van der Waals surface area contributed by atoms with Gasteiger partial charge in [0.15, 0.2) is 0 Å². The average molecular weight is 279 g/mol. The van der Waals surface area contributed by atoms with Crippen molar-refractivity contribution in [3.8, 4) is 0 Å². The van der Waals surface area contributed by atoms with Crippen LogP contribution in [0.5, 0.6) is 0 Å². The zero-order valence-electron chi connectivity index (χ0n) is 12.5. The average Bonchev–Trinajstić information content (AvgIpc) is 3.27. The molecule has 0 radical (unpaired) electrons. The molecule has 2 nitrogen and oxygen atoms in total. The fourth-order valence-corrected chi connectivity index (χ4v) is 2.21. The van der Waals surface area contributed by atoms with Crippen molar-refractivity contribution in [2.75, 3.05) is 6.61 Å². The Kier molecular flexibility index (Phi) is 6.48. The van der Waals surface area contributed by atoms with Crippen LogP contribution in [0.15, 0.2) is 18.2 Å². The third kappa shape index (κ3) is 5.59. The molecule has 112 valence electrons. The van der Waals surface area contributed by atoms with Gasteiger partial charge in [-0.15, -0.1) is 0 Å². The third-order valence-corrected chi connectivity index (χ3v) is 3.68. The Morgan fingerprint density at radius 1 is 1.25 bits per heavy atom. The molecule has 0 atom stereocenters. The summed E-state index contributed by atoms with van der Waals surface area (Å²) in [5.41, 5.74) is 1.82. The van der Waals surface area contributed by atoms with Gasteiger partial charge in [0, 0.05) is 24.8 Å². The summed E-state index contributed by atoms with van der Waals surface area (Å²) in [6, 6.07) is 6.02. The van der Waals surface area contributed by atoms with Gasteiger partial charge in [-0.3, -0.25) is 0 Å². The van der Waals surface area contributed by atoms with Crippen LogP contribution in [-0.2, 0) is 17.9 Å². The van der Waals surface area contributed by atoms with Crippen LogP contribution in [0.4, 0.5) is 4.39 Å². The van der Waals surface area contributed by atoms with Gasteiger partial charge >= 0.3 is 0 Å². The molecule has 0 bridgehead atoms. The van der Waals surface area contributed by atoms with E-state index in [9.17, 15) is 4.39 Å². The zero-order chi connectivity index (χ0) is 14.2. The van der Waals surface area contributed by atoms with Crippen LogP contribution in [0, 0.1) is 5.82 Å². The molecule has 1 aromatic carbocycles. The summed E-state index contributed by atoms with van der Waals surface area (Å²) in [6.45, 7) is 4.13. The molecule has 0 amide bonds. The molecular formula is C17H26FNO. The molecule has 0 saturated heterocycles. The molecular weight excluding hydrogens is 253 g/mol. The molecule has 1 aromatic rings. The summed E-state index contributed by atoms with van der Waals surface area (Å²) in [5, 5.41) is 3.45. The van der Waals surface area contributed by atoms with Crippen LogP contribution in [0.25, 0.3) is 0 Å². The van der Waals surface area contributed by atoms with E-state index in [1.165, 1.54) is 32.1 Å². The van der Waals surface area contributed by atoms with E-state index in [1.807, 2.05) is 12.1 Å². The van der Waals surface area contributed by atoms with Crippen molar-refractivity contribution in [3.05, 3.63) is 35.1 Å². The van der Waals surface area contributed by atoms with E-state index in [0.717, 1.165) is 25.1 Å². The molecule has 3 heteroatoms. The fraction of sp³-hybridized carbons (Fsp3) is 0.647. The molecule has 0 aromatic heterocycles. The van der Waals surface area contributed by atoms with Crippen molar-refractivity contribution >= 4 is 0 Å². The van der Waals surface area contributed by atoms with Gasteiger partial charge in [0.05, 0.1) is 6.61 Å². The van der Waals surface area contributed by atoms with Gasteiger partial charge in [0.1, 0.15) is 5.82 Å². The van der Waals surface area contributed by atoms with Crippen molar-refractivity contribution in [3.63, 3.8) is 0 Å². The topological polar surface area (TPSA) is 21.3 Å².